The van der Waals surface area contributed by atoms with Gasteiger partial charge in [0.25, 0.3) is 0 Å². The van der Waals surface area contributed by atoms with Crippen molar-refractivity contribution in [1.82, 2.24) is 0 Å². The van der Waals surface area contributed by atoms with Crippen LogP contribution in [0, 0.1) is 5.92 Å². The summed E-state index contributed by atoms with van der Waals surface area (Å²) in [5, 5.41) is 0. The minimum Gasteiger partial charge on any atom is -0.398 e. The highest BCUT2D eigenvalue weighted by Crippen LogP contribution is 2.26. The van der Waals surface area contributed by atoms with Crippen molar-refractivity contribution in [3.63, 3.8) is 0 Å². The molecule has 62 valence electrons. The molecule has 1 unspecified atom stereocenters. The molecule has 12 heavy (non-hydrogen) atoms. The molecule has 0 saturated heterocycles. The molecular weight excluding hydrogens is 146 g/mol. The number of hydrogen-bond donors (Lipinski definition) is 1. The van der Waals surface area contributed by atoms with Gasteiger partial charge >= 0.3 is 0 Å². The van der Waals surface area contributed by atoms with Gasteiger partial charge in [-0.25, -0.2) is 0 Å². The molecular formula is C11H13N. The highest BCUT2D eigenvalue weighted by atomic mass is 14.6. The van der Waals surface area contributed by atoms with Gasteiger partial charge in [0.05, 0.1) is 0 Å². The van der Waals surface area contributed by atoms with Gasteiger partial charge in [0.2, 0.25) is 0 Å². The molecule has 1 aromatic rings. The summed E-state index contributed by atoms with van der Waals surface area (Å²) in [4.78, 5) is 0. The summed E-state index contributed by atoms with van der Waals surface area (Å²) in [7, 11) is 0. The maximum Gasteiger partial charge on any atom is 0.0390 e. The fourth-order valence-electron chi connectivity index (χ4n) is 1.69. The number of nitrogens with two attached hydrogens (primary N) is 1. The van der Waals surface area contributed by atoms with Crippen LogP contribution in [0.2, 0.25) is 0 Å². The lowest BCUT2D eigenvalue weighted by Crippen LogP contribution is -2.05. The van der Waals surface area contributed by atoms with Crippen LogP contribution in [0.1, 0.15) is 18.1 Å². The van der Waals surface area contributed by atoms with Gasteiger partial charge < -0.3 is 5.73 Å². The van der Waals surface area contributed by atoms with Crippen LogP contribution < -0.4 is 5.73 Å². The summed E-state index contributed by atoms with van der Waals surface area (Å²) in [6, 6.07) is 6.14. The topological polar surface area (TPSA) is 26.0 Å². The van der Waals surface area contributed by atoms with E-state index in [-0.39, 0.29) is 0 Å². The van der Waals surface area contributed by atoms with Crippen molar-refractivity contribution in [2.24, 2.45) is 5.92 Å². The Morgan fingerprint density at radius 1 is 1.42 bits per heavy atom. The molecule has 0 spiro atoms. The molecule has 0 saturated carbocycles. The number of anilines is 1. The molecule has 0 heterocycles. The number of nitrogen functional groups attached to an aromatic ring is 1. The second-order valence-corrected chi connectivity index (χ2v) is 3.46. The van der Waals surface area contributed by atoms with E-state index < -0.39 is 0 Å². The van der Waals surface area contributed by atoms with E-state index >= 15 is 0 Å². The van der Waals surface area contributed by atoms with Gasteiger partial charge in [-0.1, -0.05) is 31.2 Å². The van der Waals surface area contributed by atoms with E-state index in [1.54, 1.807) is 0 Å². The average Bonchev–Trinajstić information content (AvgIpc) is 2.04. The predicted molar refractivity (Wildman–Crippen MR) is 52.8 cm³/mol. The molecule has 1 heteroatoms. The van der Waals surface area contributed by atoms with Gasteiger partial charge in [-0.3, -0.25) is 0 Å². The molecule has 2 rings (SSSR count). The highest BCUT2D eigenvalue weighted by Gasteiger charge is 2.10. The Kier molecular flexibility index (Phi) is 1.65. The molecule has 1 aromatic carbocycles. The maximum atomic E-state index is 5.84. The normalized spacial score (nSPS) is 20.6. The average molecular weight is 159 g/mol. The van der Waals surface area contributed by atoms with Gasteiger partial charge in [-0.05, 0) is 24.0 Å². The van der Waals surface area contributed by atoms with Crippen molar-refractivity contribution in [2.45, 2.75) is 13.3 Å². The lowest BCUT2D eigenvalue weighted by Gasteiger charge is -2.16. The van der Waals surface area contributed by atoms with Crippen LogP contribution in [0.25, 0.3) is 6.08 Å². The zero-order valence-corrected chi connectivity index (χ0v) is 7.25. The third-order valence-electron chi connectivity index (χ3n) is 2.36. The monoisotopic (exact) mass is 159 g/mol. The number of hydrogen-bond acceptors (Lipinski definition) is 1. The second-order valence-electron chi connectivity index (χ2n) is 3.46. The van der Waals surface area contributed by atoms with E-state index in [0.29, 0.717) is 5.92 Å². The van der Waals surface area contributed by atoms with Crippen molar-refractivity contribution in [1.29, 1.82) is 0 Å². The van der Waals surface area contributed by atoms with Gasteiger partial charge in [0.15, 0.2) is 0 Å². The van der Waals surface area contributed by atoms with E-state index in [0.717, 1.165) is 12.1 Å². The smallest absolute Gasteiger partial charge is 0.0390 e. The van der Waals surface area contributed by atoms with Crippen molar-refractivity contribution < 1.29 is 0 Å². The molecule has 0 fully saturated rings. The lowest BCUT2D eigenvalue weighted by molar-refractivity contribution is 0.718. The maximum absolute atomic E-state index is 5.84. The summed E-state index contributed by atoms with van der Waals surface area (Å²) in [6.07, 6.45) is 5.48. The number of rotatable bonds is 0. The summed E-state index contributed by atoms with van der Waals surface area (Å²) in [6.45, 7) is 2.22. The highest BCUT2D eigenvalue weighted by molar-refractivity contribution is 5.69. The fraction of sp³-hybridized carbons (Fsp3) is 0.273. The molecule has 0 radical (unpaired) electrons. The predicted octanol–water partition coefficient (Wildman–Crippen LogP) is 2.47. The SMILES string of the molecule is CC1C=Cc2c(N)cccc2C1. The fourth-order valence-corrected chi connectivity index (χ4v) is 1.69. The first kappa shape index (κ1) is 7.41. The first-order chi connectivity index (χ1) is 5.77. The number of allylic oxidation sites excluding steroid dienone is 1. The molecule has 1 nitrogen and oxygen atoms in total. The Balaban J connectivity index is 2.53. The molecule has 1 aliphatic rings. The van der Waals surface area contributed by atoms with Crippen molar-refractivity contribution in [2.75, 3.05) is 5.73 Å². The summed E-state index contributed by atoms with van der Waals surface area (Å²) in [5.74, 6) is 0.652. The first-order valence-electron chi connectivity index (χ1n) is 4.33. The lowest BCUT2D eigenvalue weighted by atomic mass is 9.90. The van der Waals surface area contributed by atoms with Crippen LogP contribution in [0.15, 0.2) is 24.3 Å². The first-order valence-corrected chi connectivity index (χ1v) is 4.33. The van der Waals surface area contributed by atoms with Crippen molar-refractivity contribution >= 4 is 11.8 Å². The number of benzene rings is 1. The second kappa shape index (κ2) is 2.67. The summed E-state index contributed by atoms with van der Waals surface area (Å²) >= 11 is 0. The molecule has 0 bridgehead atoms. The molecule has 1 aliphatic carbocycles. The standard InChI is InChI=1S/C11H13N/c1-8-5-6-10-9(7-8)3-2-4-11(10)12/h2-6,8H,7,12H2,1H3. The molecule has 2 N–H and O–H groups in total. The van der Waals surface area contributed by atoms with Crippen molar-refractivity contribution in [3.05, 3.63) is 35.4 Å². The summed E-state index contributed by atoms with van der Waals surface area (Å²) in [5.41, 5.74) is 9.33. The van der Waals surface area contributed by atoms with Gasteiger partial charge in [0.1, 0.15) is 0 Å². The molecule has 0 aromatic heterocycles. The number of fused-ring (bicyclic) bond motifs is 1. The van der Waals surface area contributed by atoms with Crippen LogP contribution in [0.4, 0.5) is 5.69 Å². The Hall–Kier alpha value is -1.24. The van der Waals surface area contributed by atoms with E-state index in [1.807, 2.05) is 12.1 Å². The van der Waals surface area contributed by atoms with Crippen LogP contribution in [-0.4, -0.2) is 0 Å². The van der Waals surface area contributed by atoms with Crippen molar-refractivity contribution in [3.8, 4) is 0 Å². The third-order valence-corrected chi connectivity index (χ3v) is 2.36. The van der Waals surface area contributed by atoms with Crippen LogP contribution in [-0.2, 0) is 6.42 Å². The third kappa shape index (κ3) is 1.11. The quantitative estimate of drug-likeness (QED) is 0.578. The molecule has 0 aliphatic heterocycles. The van der Waals surface area contributed by atoms with E-state index in [1.165, 1.54) is 11.1 Å². The Morgan fingerprint density at radius 3 is 3.08 bits per heavy atom. The molecule has 0 amide bonds. The molecule has 1 atom stereocenters. The Labute approximate surface area is 72.9 Å². The van der Waals surface area contributed by atoms with E-state index in [4.69, 9.17) is 5.73 Å². The minimum atomic E-state index is 0.652. The van der Waals surface area contributed by atoms with Gasteiger partial charge in [0, 0.05) is 11.3 Å². The van der Waals surface area contributed by atoms with Crippen LogP contribution in [0.5, 0.6) is 0 Å². The van der Waals surface area contributed by atoms with E-state index in [2.05, 4.69) is 25.1 Å². The van der Waals surface area contributed by atoms with Crippen LogP contribution in [0.3, 0.4) is 0 Å². The summed E-state index contributed by atoms with van der Waals surface area (Å²) < 4.78 is 0. The van der Waals surface area contributed by atoms with E-state index in [9.17, 15) is 0 Å². The Morgan fingerprint density at radius 2 is 2.25 bits per heavy atom. The zero-order valence-electron chi connectivity index (χ0n) is 7.25. The van der Waals surface area contributed by atoms with Gasteiger partial charge in [-0.2, -0.15) is 0 Å². The van der Waals surface area contributed by atoms with Crippen LogP contribution >= 0.6 is 0 Å². The minimum absolute atomic E-state index is 0.652. The zero-order chi connectivity index (χ0) is 8.55. The van der Waals surface area contributed by atoms with Gasteiger partial charge in [-0.15, -0.1) is 0 Å². The Bertz CT molecular complexity index is 326. The largest absolute Gasteiger partial charge is 0.398 e.